The molecule has 0 bridgehead atoms. The normalized spacial score (nSPS) is 24.3. The molecule has 18 heavy (non-hydrogen) atoms. The number of methoxy groups -OCH3 is 1. The van der Waals surface area contributed by atoms with Crippen LogP contribution in [-0.2, 0) is 4.74 Å². The molecule has 1 saturated carbocycles. The molecule has 1 fully saturated rings. The van der Waals surface area contributed by atoms with Gasteiger partial charge in [-0.05, 0) is 38.0 Å². The number of hydrogen-bond donors (Lipinski definition) is 2. The number of nitrogens with zero attached hydrogens (tertiary/aromatic N) is 1. The highest BCUT2D eigenvalue weighted by molar-refractivity contribution is 14.0. The lowest BCUT2D eigenvalue weighted by molar-refractivity contribution is 0.195. The highest BCUT2D eigenvalue weighted by Gasteiger charge is 2.18. The zero-order valence-electron chi connectivity index (χ0n) is 11.9. The summed E-state index contributed by atoms with van der Waals surface area (Å²) in [4.78, 5) is 4.25. The molecule has 0 amide bonds. The monoisotopic (exact) mass is 369 g/mol. The minimum absolute atomic E-state index is 0. The molecule has 0 aromatic rings. The molecule has 0 unspecified atom stereocenters. The molecule has 0 aromatic carbocycles. The SMILES string of the molecule is CN=C(NCCCOC)NC1CCC(C)CC1.I. The second kappa shape index (κ2) is 10.8. The van der Waals surface area contributed by atoms with Crippen molar-refractivity contribution in [1.82, 2.24) is 10.6 Å². The molecule has 0 radical (unpaired) electrons. The van der Waals surface area contributed by atoms with Gasteiger partial charge in [0.05, 0.1) is 0 Å². The van der Waals surface area contributed by atoms with E-state index in [-0.39, 0.29) is 24.0 Å². The Morgan fingerprint density at radius 3 is 2.50 bits per heavy atom. The van der Waals surface area contributed by atoms with Crippen molar-refractivity contribution in [3.05, 3.63) is 0 Å². The lowest BCUT2D eigenvalue weighted by Crippen LogP contribution is -2.45. The predicted octanol–water partition coefficient (Wildman–Crippen LogP) is 2.38. The van der Waals surface area contributed by atoms with Crippen molar-refractivity contribution in [2.75, 3.05) is 27.3 Å². The van der Waals surface area contributed by atoms with Crippen molar-refractivity contribution in [1.29, 1.82) is 0 Å². The van der Waals surface area contributed by atoms with Crippen molar-refractivity contribution in [2.24, 2.45) is 10.9 Å². The van der Waals surface area contributed by atoms with Gasteiger partial charge in [-0.25, -0.2) is 0 Å². The summed E-state index contributed by atoms with van der Waals surface area (Å²) in [7, 11) is 3.56. The third-order valence-corrected chi connectivity index (χ3v) is 3.40. The topological polar surface area (TPSA) is 45.7 Å². The molecule has 0 aliphatic heterocycles. The summed E-state index contributed by atoms with van der Waals surface area (Å²) in [6, 6.07) is 0.597. The number of ether oxygens (including phenoxy) is 1. The van der Waals surface area contributed by atoms with Gasteiger partial charge in [0.2, 0.25) is 0 Å². The first-order chi connectivity index (χ1) is 8.26. The van der Waals surface area contributed by atoms with Crippen molar-refractivity contribution in [2.45, 2.75) is 45.1 Å². The van der Waals surface area contributed by atoms with Crippen LogP contribution in [0.1, 0.15) is 39.0 Å². The smallest absolute Gasteiger partial charge is 0.191 e. The number of guanidine groups is 1. The van der Waals surface area contributed by atoms with Crippen molar-refractivity contribution < 1.29 is 4.74 Å². The molecule has 0 saturated heterocycles. The quantitative estimate of drug-likeness (QED) is 0.339. The fourth-order valence-electron chi connectivity index (χ4n) is 2.22. The van der Waals surface area contributed by atoms with Gasteiger partial charge in [-0.15, -0.1) is 24.0 Å². The van der Waals surface area contributed by atoms with Crippen LogP contribution >= 0.6 is 24.0 Å². The molecule has 0 spiro atoms. The number of rotatable bonds is 5. The average molecular weight is 369 g/mol. The molecular weight excluding hydrogens is 341 g/mol. The van der Waals surface area contributed by atoms with Crippen LogP contribution in [0.5, 0.6) is 0 Å². The van der Waals surface area contributed by atoms with Crippen LogP contribution in [0.3, 0.4) is 0 Å². The molecule has 1 rings (SSSR count). The summed E-state index contributed by atoms with van der Waals surface area (Å²) in [5.74, 6) is 1.82. The summed E-state index contributed by atoms with van der Waals surface area (Å²) < 4.78 is 5.02. The van der Waals surface area contributed by atoms with Gasteiger partial charge in [0.15, 0.2) is 5.96 Å². The van der Waals surface area contributed by atoms with Gasteiger partial charge in [0.25, 0.3) is 0 Å². The maximum absolute atomic E-state index is 5.02. The summed E-state index contributed by atoms with van der Waals surface area (Å²) >= 11 is 0. The first-order valence-corrected chi connectivity index (χ1v) is 6.72. The minimum atomic E-state index is 0. The van der Waals surface area contributed by atoms with Gasteiger partial charge in [0, 0.05) is 33.4 Å². The fraction of sp³-hybridized carbons (Fsp3) is 0.923. The van der Waals surface area contributed by atoms with E-state index in [2.05, 4.69) is 22.5 Å². The number of hydrogen-bond acceptors (Lipinski definition) is 2. The Labute approximate surface area is 128 Å². The standard InChI is InChI=1S/C13H27N3O.HI/c1-11-5-7-12(8-6-11)16-13(14-2)15-9-4-10-17-3;/h11-12H,4-10H2,1-3H3,(H2,14,15,16);1H. The Morgan fingerprint density at radius 1 is 1.28 bits per heavy atom. The van der Waals surface area contributed by atoms with Crippen LogP contribution in [0.4, 0.5) is 0 Å². The van der Waals surface area contributed by atoms with Gasteiger partial charge >= 0.3 is 0 Å². The Kier molecular flexibility index (Phi) is 10.8. The molecule has 4 nitrogen and oxygen atoms in total. The molecule has 0 aromatic heterocycles. The molecule has 0 heterocycles. The zero-order chi connectivity index (χ0) is 12.5. The maximum atomic E-state index is 5.02. The first-order valence-electron chi connectivity index (χ1n) is 6.72. The largest absolute Gasteiger partial charge is 0.385 e. The number of aliphatic imine (C=N–C) groups is 1. The van der Waals surface area contributed by atoms with Gasteiger partial charge in [-0.1, -0.05) is 6.92 Å². The molecule has 5 heteroatoms. The highest BCUT2D eigenvalue weighted by atomic mass is 127. The Bertz CT molecular complexity index is 228. The van der Waals surface area contributed by atoms with Gasteiger partial charge in [-0.3, -0.25) is 4.99 Å². The van der Waals surface area contributed by atoms with Crippen molar-refractivity contribution in [3.63, 3.8) is 0 Å². The van der Waals surface area contributed by atoms with E-state index in [9.17, 15) is 0 Å². The predicted molar refractivity (Wildman–Crippen MR) is 87.8 cm³/mol. The van der Waals surface area contributed by atoms with E-state index in [1.807, 2.05) is 7.05 Å². The van der Waals surface area contributed by atoms with E-state index in [0.29, 0.717) is 6.04 Å². The zero-order valence-corrected chi connectivity index (χ0v) is 14.2. The van der Waals surface area contributed by atoms with E-state index >= 15 is 0 Å². The number of halogens is 1. The third-order valence-electron chi connectivity index (χ3n) is 3.40. The molecule has 2 N–H and O–H groups in total. The van der Waals surface area contributed by atoms with E-state index < -0.39 is 0 Å². The lowest BCUT2D eigenvalue weighted by atomic mass is 9.87. The molecule has 1 aliphatic carbocycles. The second-order valence-electron chi connectivity index (χ2n) is 4.95. The van der Waals surface area contributed by atoms with Crippen LogP contribution < -0.4 is 10.6 Å². The van der Waals surface area contributed by atoms with Crippen molar-refractivity contribution in [3.8, 4) is 0 Å². The maximum Gasteiger partial charge on any atom is 0.191 e. The summed E-state index contributed by atoms with van der Waals surface area (Å²) in [6.07, 6.45) is 6.20. The van der Waals surface area contributed by atoms with Gasteiger partial charge in [-0.2, -0.15) is 0 Å². The summed E-state index contributed by atoms with van der Waals surface area (Å²) in [5, 5.41) is 6.82. The van der Waals surface area contributed by atoms with E-state index in [1.165, 1.54) is 25.7 Å². The van der Waals surface area contributed by atoms with E-state index in [1.54, 1.807) is 7.11 Å². The molecule has 108 valence electrons. The van der Waals surface area contributed by atoms with Crippen LogP contribution in [0.15, 0.2) is 4.99 Å². The van der Waals surface area contributed by atoms with Gasteiger partial charge < -0.3 is 15.4 Å². The molecule has 0 atom stereocenters. The Balaban J connectivity index is 0.00000289. The average Bonchev–Trinajstić information content (AvgIpc) is 2.35. The number of nitrogens with one attached hydrogen (secondary N) is 2. The van der Waals surface area contributed by atoms with Gasteiger partial charge in [0.1, 0.15) is 0 Å². The molecule has 1 aliphatic rings. The first kappa shape index (κ1) is 18.0. The Hall–Kier alpha value is -0.0400. The lowest BCUT2D eigenvalue weighted by Gasteiger charge is -2.28. The molecular formula is C13H28IN3O. The van der Waals surface area contributed by atoms with Crippen LogP contribution in [0.25, 0.3) is 0 Å². The minimum Gasteiger partial charge on any atom is -0.385 e. The summed E-state index contributed by atoms with van der Waals surface area (Å²) in [6.45, 7) is 4.05. The second-order valence-corrected chi connectivity index (χ2v) is 4.95. The van der Waals surface area contributed by atoms with Crippen molar-refractivity contribution >= 4 is 29.9 Å². The van der Waals surface area contributed by atoms with Crippen LogP contribution in [-0.4, -0.2) is 39.3 Å². The van der Waals surface area contributed by atoms with E-state index in [0.717, 1.165) is 31.4 Å². The Morgan fingerprint density at radius 2 is 1.94 bits per heavy atom. The van der Waals surface area contributed by atoms with Crippen LogP contribution in [0, 0.1) is 5.92 Å². The summed E-state index contributed by atoms with van der Waals surface area (Å²) in [5.41, 5.74) is 0. The third kappa shape index (κ3) is 7.41. The van der Waals surface area contributed by atoms with E-state index in [4.69, 9.17) is 4.74 Å². The highest BCUT2D eigenvalue weighted by Crippen LogP contribution is 2.23. The fourth-order valence-corrected chi connectivity index (χ4v) is 2.22. The van der Waals surface area contributed by atoms with Crippen LogP contribution in [0.2, 0.25) is 0 Å².